The molecule has 3 aromatic carbocycles. The lowest BCUT2D eigenvalue weighted by Crippen LogP contribution is -2.58. The van der Waals surface area contributed by atoms with Crippen molar-refractivity contribution in [2.45, 2.75) is 145 Å². The number of rotatable bonds is 12. The van der Waals surface area contributed by atoms with Gasteiger partial charge in [-0.15, -0.1) is 0 Å². The molecule has 1 aromatic heterocycles. The fourth-order valence-corrected chi connectivity index (χ4v) is 13.5. The molecule has 6 aliphatic rings. The lowest BCUT2D eigenvalue weighted by molar-refractivity contribution is -0.133. The van der Waals surface area contributed by atoms with Crippen molar-refractivity contribution >= 4 is 41.2 Å². The second-order valence-electron chi connectivity index (χ2n) is 22.2. The molecule has 2 saturated heterocycles. The summed E-state index contributed by atoms with van der Waals surface area (Å²) in [4.78, 5) is 36.9. The number of ether oxygens (including phenoxy) is 2. The first-order chi connectivity index (χ1) is 37.6. The number of fused-ring (bicyclic) bond motifs is 4. The normalized spacial score (nSPS) is 21.2. The predicted octanol–water partition coefficient (Wildman–Crippen LogP) is 11.6. The number of piperidine rings is 2. The molecule has 0 spiro atoms. The number of benzene rings is 3. The van der Waals surface area contributed by atoms with Gasteiger partial charge in [-0.05, 0) is 123 Å². The third kappa shape index (κ3) is 13.1. The minimum Gasteiger partial charge on any atom is -0.495 e. The van der Waals surface area contributed by atoms with Crippen LogP contribution >= 0.6 is 0 Å². The molecular weight excluding hydrogens is 987 g/mol. The van der Waals surface area contributed by atoms with E-state index in [0.29, 0.717) is 60.0 Å². The lowest BCUT2D eigenvalue weighted by Gasteiger charge is -2.56. The number of nitrogens with two attached hydrogens (primary N) is 2. The minimum atomic E-state index is -2.69. The first kappa shape index (κ1) is 60.9. The standard InChI is InChI=1S/C41H50F2N8O2.C16H21NO2.2C2H6.CH5N/c1-26(53)48-15-11-38-37(24-48)41(49-12-3-4-28-18-35(31(20-44)21-45-2)36(40(42)43)19-39(28)49)46-51(38)33-9-13-47(14-10-33)22-29-16-34-17-30(29)23-50(34)32-7-5-27(25-52)6-8-32;1-15(2)10-16(3,4)14(15)19-12-7-6-11(9-17)13(8-12)18-5;3*1-2/h5-8,18-21,25,29-30,33-34,40H,3-4,9-17,22-24,44H2,1-2H3;6-8,14H,10H2,1-5H3;2*1-2H3;2H2,1H3/b31-20+,45-21?;;;;. The van der Waals surface area contributed by atoms with Crippen molar-refractivity contribution in [2.24, 2.45) is 39.1 Å². The number of hydrogen-bond acceptors (Lipinski definition) is 12. The molecule has 4 aliphatic heterocycles. The van der Waals surface area contributed by atoms with Crippen molar-refractivity contribution in [3.8, 4) is 17.6 Å². The number of nitriles is 1. The van der Waals surface area contributed by atoms with Crippen LogP contribution in [-0.2, 0) is 24.2 Å². The van der Waals surface area contributed by atoms with E-state index in [9.17, 15) is 18.4 Å². The number of aldehydes is 1. The summed E-state index contributed by atoms with van der Waals surface area (Å²) in [6.45, 7) is 24.6. The van der Waals surface area contributed by atoms with Crippen LogP contribution in [0.25, 0.3) is 5.57 Å². The zero-order chi connectivity index (χ0) is 57.1. The highest BCUT2D eigenvalue weighted by Gasteiger charge is 2.55. The maximum Gasteiger partial charge on any atom is 0.264 e. The van der Waals surface area contributed by atoms with E-state index in [0.717, 1.165) is 105 Å². The number of methoxy groups -OCH3 is 1. The quantitative estimate of drug-likeness (QED) is 0.102. The molecule has 10 rings (SSSR count). The predicted molar refractivity (Wildman–Crippen MR) is 311 cm³/mol. The Labute approximate surface area is 463 Å². The Kier molecular flexibility index (Phi) is 21.1. The van der Waals surface area contributed by atoms with E-state index in [-0.39, 0.29) is 34.4 Å². The number of hydrogen-bond donors (Lipinski definition) is 2. The smallest absolute Gasteiger partial charge is 0.264 e. The molecule has 2 bridgehead atoms. The summed E-state index contributed by atoms with van der Waals surface area (Å²) >= 11 is 0. The van der Waals surface area contributed by atoms with Gasteiger partial charge in [-0.1, -0.05) is 55.4 Å². The lowest BCUT2D eigenvalue weighted by atomic mass is 9.53. The van der Waals surface area contributed by atoms with E-state index < -0.39 is 6.43 Å². The highest BCUT2D eigenvalue weighted by atomic mass is 19.3. The van der Waals surface area contributed by atoms with Gasteiger partial charge >= 0.3 is 0 Å². The summed E-state index contributed by atoms with van der Waals surface area (Å²) in [5, 5.41) is 14.3. The van der Waals surface area contributed by atoms with Gasteiger partial charge in [-0.2, -0.15) is 10.4 Å². The summed E-state index contributed by atoms with van der Waals surface area (Å²) in [7, 11) is 4.67. The van der Waals surface area contributed by atoms with Crippen LogP contribution in [0.15, 0.2) is 65.8 Å². The number of aryl methyl sites for hydroxylation is 1. The Hall–Kier alpha value is -6.31. The number of carbonyl (C=O) groups is 2. The summed E-state index contributed by atoms with van der Waals surface area (Å²) in [6.07, 6.45) is 9.21. The molecule has 2 saturated carbocycles. The van der Waals surface area contributed by atoms with Crippen molar-refractivity contribution in [2.75, 3.05) is 70.3 Å². The molecule has 14 nitrogen and oxygen atoms in total. The van der Waals surface area contributed by atoms with Crippen molar-refractivity contribution in [3.63, 3.8) is 0 Å². The maximum atomic E-state index is 14.6. The minimum absolute atomic E-state index is 0.0320. The molecule has 424 valence electrons. The van der Waals surface area contributed by atoms with Gasteiger partial charge in [0.2, 0.25) is 5.91 Å². The van der Waals surface area contributed by atoms with Crippen LogP contribution < -0.4 is 30.7 Å². The number of carbonyl (C=O) groups excluding carboxylic acids is 2. The molecule has 2 aliphatic carbocycles. The number of likely N-dealkylation sites (tertiary alicyclic amines) is 1. The fourth-order valence-electron chi connectivity index (χ4n) is 13.5. The summed E-state index contributed by atoms with van der Waals surface area (Å²) < 4.78 is 42.8. The van der Waals surface area contributed by atoms with Crippen LogP contribution in [0, 0.1) is 34.0 Å². The van der Waals surface area contributed by atoms with Crippen LogP contribution in [0.3, 0.4) is 0 Å². The van der Waals surface area contributed by atoms with Crippen LogP contribution in [0.1, 0.15) is 157 Å². The van der Waals surface area contributed by atoms with E-state index in [4.69, 9.17) is 25.6 Å². The molecule has 4 aromatic rings. The van der Waals surface area contributed by atoms with Crippen LogP contribution in [0.5, 0.6) is 11.5 Å². The average Bonchev–Trinajstić information content (AvgIpc) is 4.20. The number of anilines is 3. The van der Waals surface area contributed by atoms with Gasteiger partial charge in [0.25, 0.3) is 6.43 Å². The largest absolute Gasteiger partial charge is 0.495 e. The molecule has 78 heavy (non-hydrogen) atoms. The summed E-state index contributed by atoms with van der Waals surface area (Å²) in [5.74, 6) is 3.55. The topological polar surface area (TPSA) is 172 Å². The van der Waals surface area contributed by atoms with Gasteiger partial charge in [0, 0.05) is 134 Å². The van der Waals surface area contributed by atoms with E-state index in [1.54, 1.807) is 39.3 Å². The Morgan fingerprint density at radius 1 is 0.949 bits per heavy atom. The molecule has 4 fully saturated rings. The number of aliphatic imine (C=N–C) groups is 1. The molecule has 4 N–H and O–H groups in total. The van der Waals surface area contributed by atoms with Gasteiger partial charge in [0.1, 0.15) is 30.0 Å². The average molecular weight is 1080 g/mol. The zero-order valence-electron chi connectivity index (χ0n) is 48.6. The molecular formula is C62H88F2N10O4. The second-order valence-corrected chi connectivity index (χ2v) is 22.2. The Morgan fingerprint density at radius 2 is 1.64 bits per heavy atom. The van der Waals surface area contributed by atoms with Gasteiger partial charge in [-0.25, -0.2) is 8.78 Å². The van der Waals surface area contributed by atoms with Gasteiger partial charge in [0.15, 0.2) is 5.82 Å². The van der Waals surface area contributed by atoms with Crippen LogP contribution in [-0.4, -0.2) is 111 Å². The van der Waals surface area contributed by atoms with Crippen molar-refractivity contribution in [3.05, 3.63) is 99.9 Å². The van der Waals surface area contributed by atoms with Crippen LogP contribution in [0.2, 0.25) is 0 Å². The number of allylic oxidation sites excluding steroid dienone is 1. The molecule has 1 amide bonds. The highest BCUT2D eigenvalue weighted by Crippen LogP contribution is 2.55. The molecule has 16 heteroatoms. The Bertz CT molecular complexity index is 2740. The van der Waals surface area contributed by atoms with E-state index >= 15 is 0 Å². The summed E-state index contributed by atoms with van der Waals surface area (Å²) in [5.41, 5.74) is 18.0. The molecule has 5 heterocycles. The van der Waals surface area contributed by atoms with Gasteiger partial charge < -0.3 is 40.5 Å². The third-order valence-electron chi connectivity index (χ3n) is 16.5. The number of alkyl halides is 2. The van der Waals surface area contributed by atoms with Crippen LogP contribution in [0.4, 0.5) is 26.0 Å². The molecule has 3 unspecified atom stereocenters. The van der Waals surface area contributed by atoms with Crippen molar-refractivity contribution in [1.29, 1.82) is 5.26 Å². The second kappa shape index (κ2) is 27.0. The highest BCUT2D eigenvalue weighted by molar-refractivity contribution is 6.10. The van der Waals surface area contributed by atoms with E-state index in [2.05, 4.69) is 76.0 Å². The Balaban J connectivity index is 0.000000329. The monoisotopic (exact) mass is 1070 g/mol. The first-order valence-corrected chi connectivity index (χ1v) is 28.4. The van der Waals surface area contributed by atoms with E-state index in [1.165, 1.54) is 43.7 Å². The van der Waals surface area contributed by atoms with E-state index in [1.807, 2.05) is 56.9 Å². The summed E-state index contributed by atoms with van der Waals surface area (Å²) in [6, 6.07) is 19.8. The Morgan fingerprint density at radius 3 is 2.21 bits per heavy atom. The number of aromatic nitrogens is 2. The third-order valence-corrected chi connectivity index (χ3v) is 16.5. The number of nitrogens with zero attached hydrogens (tertiary/aromatic N) is 8. The first-order valence-electron chi connectivity index (χ1n) is 28.4. The maximum absolute atomic E-state index is 14.6. The fraction of sp³-hybridized carbons (Fsp3) is 0.565. The number of halogens is 2. The van der Waals surface area contributed by atoms with Gasteiger partial charge in [-0.3, -0.25) is 19.3 Å². The SMILES string of the molecule is CC.CC.CN.CN=C/C(=C\N)c1cc2c(cc1C(F)F)N(c1nn(C3CCN(CC4CC5CC4CN5c4ccc(C=O)cc4)CC3)c3c1CN(C(C)=O)CC3)CCC2.COc1cc(OC2C(C)(C)CC2(C)C)ccc1C#N. The molecule has 0 radical (unpaired) electrons. The van der Waals surface area contributed by atoms with Crippen molar-refractivity contribution < 1.29 is 27.8 Å². The number of amides is 1. The molecule has 3 atom stereocenters. The van der Waals surface area contributed by atoms with Gasteiger partial charge in [0.05, 0.1) is 25.3 Å². The zero-order valence-corrected chi connectivity index (χ0v) is 48.6. The van der Waals surface area contributed by atoms with Crippen molar-refractivity contribution in [1.82, 2.24) is 19.6 Å².